The van der Waals surface area contributed by atoms with Gasteiger partial charge in [0.1, 0.15) is 5.37 Å². The molecular formula is C3H8N2OS. The minimum Gasteiger partial charge on any atom is -0.368 e. The molecule has 4 heteroatoms. The maximum absolute atomic E-state index is 10.0. The molecule has 1 amide bonds. The van der Waals surface area contributed by atoms with Gasteiger partial charge in [-0.1, -0.05) is 0 Å². The first-order chi connectivity index (χ1) is 3.18. The Morgan fingerprint density at radius 1 is 1.86 bits per heavy atom. The van der Waals surface area contributed by atoms with Crippen molar-refractivity contribution in [1.29, 1.82) is 0 Å². The van der Waals surface area contributed by atoms with Crippen LogP contribution in [-0.4, -0.2) is 17.5 Å². The van der Waals surface area contributed by atoms with Gasteiger partial charge < -0.3 is 11.5 Å². The average molecular weight is 120 g/mol. The summed E-state index contributed by atoms with van der Waals surface area (Å²) in [6.45, 7) is 0. The smallest absolute Gasteiger partial charge is 0.244 e. The van der Waals surface area contributed by atoms with Gasteiger partial charge in [-0.3, -0.25) is 4.79 Å². The van der Waals surface area contributed by atoms with Gasteiger partial charge in [0.15, 0.2) is 0 Å². The number of carbonyl (C=O) groups is 1. The highest BCUT2D eigenvalue weighted by Gasteiger charge is 2.03. The van der Waals surface area contributed by atoms with Gasteiger partial charge in [0.2, 0.25) is 5.91 Å². The molecule has 0 spiro atoms. The van der Waals surface area contributed by atoms with Crippen molar-refractivity contribution in [2.24, 2.45) is 11.5 Å². The highest BCUT2D eigenvalue weighted by Crippen LogP contribution is 1.95. The van der Waals surface area contributed by atoms with Crippen LogP contribution in [0.25, 0.3) is 0 Å². The van der Waals surface area contributed by atoms with Crippen LogP contribution in [0.4, 0.5) is 0 Å². The molecule has 42 valence electrons. The quantitative estimate of drug-likeness (QED) is 0.465. The van der Waals surface area contributed by atoms with Crippen LogP contribution < -0.4 is 11.5 Å². The molecule has 1 atom stereocenters. The predicted molar refractivity (Wildman–Crippen MR) is 30.7 cm³/mol. The first-order valence-corrected chi connectivity index (χ1v) is 3.05. The molecule has 0 aliphatic rings. The molecule has 0 aliphatic carbocycles. The molecule has 7 heavy (non-hydrogen) atoms. The maximum Gasteiger partial charge on any atom is 0.244 e. The molecule has 4 N–H and O–H groups in total. The van der Waals surface area contributed by atoms with Gasteiger partial charge in [-0.2, -0.15) is 0 Å². The molecule has 0 radical (unpaired) electrons. The van der Waals surface area contributed by atoms with Crippen molar-refractivity contribution < 1.29 is 4.79 Å². The van der Waals surface area contributed by atoms with Crippen molar-refractivity contribution in [3.8, 4) is 0 Å². The molecule has 1 unspecified atom stereocenters. The number of amides is 1. The number of hydrogen-bond acceptors (Lipinski definition) is 3. The lowest BCUT2D eigenvalue weighted by atomic mass is 10.6. The van der Waals surface area contributed by atoms with Crippen LogP contribution >= 0.6 is 11.8 Å². The zero-order chi connectivity index (χ0) is 5.86. The topological polar surface area (TPSA) is 69.1 Å². The molecule has 0 fully saturated rings. The van der Waals surface area contributed by atoms with Crippen LogP contribution in [0.5, 0.6) is 0 Å². The third-order valence-electron chi connectivity index (χ3n) is 0.534. The summed E-state index contributed by atoms with van der Waals surface area (Å²) in [5.41, 5.74) is 9.87. The standard InChI is InChI=1S/C3H8N2OS/c1-7-3(5)2(4)6/h3H,5H2,1H3,(H2,4,6). The van der Waals surface area contributed by atoms with Crippen LogP contribution in [-0.2, 0) is 4.79 Å². The van der Waals surface area contributed by atoms with Crippen LogP contribution in [0.2, 0.25) is 0 Å². The summed E-state index contributed by atoms with van der Waals surface area (Å²) in [4.78, 5) is 10.0. The molecule has 0 aromatic rings. The van der Waals surface area contributed by atoms with Crippen molar-refractivity contribution in [2.75, 3.05) is 6.26 Å². The van der Waals surface area contributed by atoms with E-state index < -0.39 is 11.3 Å². The minimum absolute atomic E-state index is 0.465. The van der Waals surface area contributed by atoms with E-state index in [1.54, 1.807) is 6.26 Å². The summed E-state index contributed by atoms with van der Waals surface area (Å²) >= 11 is 1.24. The van der Waals surface area contributed by atoms with Gasteiger partial charge in [0, 0.05) is 0 Å². The lowest BCUT2D eigenvalue weighted by molar-refractivity contribution is -0.117. The zero-order valence-electron chi connectivity index (χ0n) is 4.05. The SMILES string of the molecule is CSC(N)C(N)=O. The third kappa shape index (κ3) is 2.47. The molecule has 0 rings (SSSR count). The lowest BCUT2D eigenvalue weighted by Crippen LogP contribution is -2.32. The van der Waals surface area contributed by atoms with Crippen LogP contribution in [0.15, 0.2) is 0 Å². The van der Waals surface area contributed by atoms with Gasteiger partial charge in [-0.25, -0.2) is 0 Å². The molecular weight excluding hydrogens is 112 g/mol. The van der Waals surface area contributed by atoms with Gasteiger partial charge in [0.05, 0.1) is 0 Å². The number of nitrogens with two attached hydrogens (primary N) is 2. The van der Waals surface area contributed by atoms with E-state index in [2.05, 4.69) is 0 Å². The van der Waals surface area contributed by atoms with Crippen LogP contribution in [0.3, 0.4) is 0 Å². The highest BCUT2D eigenvalue weighted by atomic mass is 32.2. The van der Waals surface area contributed by atoms with E-state index in [0.29, 0.717) is 0 Å². The van der Waals surface area contributed by atoms with Gasteiger partial charge in [0.25, 0.3) is 0 Å². The lowest BCUT2D eigenvalue weighted by Gasteiger charge is -1.98. The number of hydrogen-bond donors (Lipinski definition) is 2. The van der Waals surface area contributed by atoms with Gasteiger partial charge in [-0.05, 0) is 6.26 Å². The van der Waals surface area contributed by atoms with E-state index in [9.17, 15) is 4.79 Å². The van der Waals surface area contributed by atoms with Crippen molar-refractivity contribution in [3.05, 3.63) is 0 Å². The minimum atomic E-state index is -0.542. The van der Waals surface area contributed by atoms with E-state index >= 15 is 0 Å². The summed E-state index contributed by atoms with van der Waals surface area (Å²) in [7, 11) is 0. The molecule has 0 saturated carbocycles. The Balaban J connectivity index is 3.34. The first kappa shape index (κ1) is 6.78. The Morgan fingerprint density at radius 2 is 2.29 bits per heavy atom. The Bertz CT molecular complexity index is 75.3. The maximum atomic E-state index is 10.0. The van der Waals surface area contributed by atoms with Crippen molar-refractivity contribution in [2.45, 2.75) is 5.37 Å². The van der Waals surface area contributed by atoms with Crippen molar-refractivity contribution in [3.63, 3.8) is 0 Å². The van der Waals surface area contributed by atoms with E-state index in [4.69, 9.17) is 11.5 Å². The van der Waals surface area contributed by atoms with Crippen molar-refractivity contribution >= 4 is 17.7 Å². The molecule has 0 bridgehead atoms. The Morgan fingerprint density at radius 3 is 2.29 bits per heavy atom. The largest absolute Gasteiger partial charge is 0.368 e. The second-order valence-electron chi connectivity index (χ2n) is 1.06. The van der Waals surface area contributed by atoms with Gasteiger partial charge >= 0.3 is 0 Å². The summed E-state index contributed by atoms with van der Waals surface area (Å²) in [6.07, 6.45) is 1.73. The fourth-order valence-electron chi connectivity index (χ4n) is 0.116. The predicted octanol–water partition coefficient (Wildman–Crippen LogP) is -0.881. The molecule has 0 heterocycles. The van der Waals surface area contributed by atoms with Crippen LogP contribution in [0, 0.1) is 0 Å². The van der Waals surface area contributed by atoms with E-state index in [0.717, 1.165) is 0 Å². The second-order valence-corrected chi connectivity index (χ2v) is 2.04. The molecule has 0 aromatic carbocycles. The van der Waals surface area contributed by atoms with Crippen LogP contribution in [0.1, 0.15) is 0 Å². The van der Waals surface area contributed by atoms with E-state index in [1.165, 1.54) is 11.8 Å². The van der Waals surface area contributed by atoms with Crippen molar-refractivity contribution in [1.82, 2.24) is 0 Å². The van der Waals surface area contributed by atoms with E-state index in [-0.39, 0.29) is 0 Å². The average Bonchev–Trinajstić information content (AvgIpc) is 1.65. The third-order valence-corrected chi connectivity index (χ3v) is 1.27. The molecule has 3 nitrogen and oxygen atoms in total. The fraction of sp³-hybridized carbons (Fsp3) is 0.667. The van der Waals surface area contributed by atoms with Gasteiger partial charge in [-0.15, -0.1) is 11.8 Å². The highest BCUT2D eigenvalue weighted by molar-refractivity contribution is 7.99. The second kappa shape index (κ2) is 2.87. The van der Waals surface area contributed by atoms with E-state index in [1.807, 2.05) is 0 Å². The summed E-state index contributed by atoms with van der Waals surface area (Å²) < 4.78 is 0. The normalized spacial score (nSPS) is 13.4. The summed E-state index contributed by atoms with van der Waals surface area (Å²) in [5.74, 6) is -0.465. The number of rotatable bonds is 2. The fourth-order valence-corrected chi connectivity index (χ4v) is 0.348. The Hall–Kier alpha value is -0.220. The number of primary amides is 1. The molecule has 0 saturated heterocycles. The Kier molecular flexibility index (Phi) is 2.78. The number of carbonyl (C=O) groups excluding carboxylic acids is 1. The summed E-state index contributed by atoms with van der Waals surface area (Å²) in [5, 5.41) is -0.542. The first-order valence-electron chi connectivity index (χ1n) is 1.76. The summed E-state index contributed by atoms with van der Waals surface area (Å²) in [6, 6.07) is 0. The molecule has 0 aliphatic heterocycles. The zero-order valence-corrected chi connectivity index (χ0v) is 4.87. The number of thioether (sulfide) groups is 1. The molecule has 0 aromatic heterocycles. The Labute approximate surface area is 46.4 Å². The monoisotopic (exact) mass is 120 g/mol.